The van der Waals surface area contributed by atoms with E-state index in [1.54, 1.807) is 16.8 Å². The molecule has 6 nitrogen and oxygen atoms in total. The van der Waals surface area contributed by atoms with Crippen molar-refractivity contribution in [3.8, 4) is 10.9 Å². The monoisotopic (exact) mass is 397 g/mol. The number of benzene rings is 2. The smallest absolute Gasteiger partial charge is 0.279 e. The van der Waals surface area contributed by atoms with Crippen LogP contribution in [-0.2, 0) is 11.2 Å². The van der Waals surface area contributed by atoms with Crippen LogP contribution in [0.1, 0.15) is 18.4 Å². The van der Waals surface area contributed by atoms with E-state index in [2.05, 4.69) is 22.0 Å². The van der Waals surface area contributed by atoms with Crippen molar-refractivity contribution < 1.29 is 14.7 Å². The highest BCUT2D eigenvalue weighted by Crippen LogP contribution is 2.31. The third-order valence-corrected chi connectivity index (χ3v) is 6.10. The molecule has 1 aliphatic heterocycles. The Hall–Kier alpha value is -2.48. The van der Waals surface area contributed by atoms with Gasteiger partial charge in [-0.05, 0) is 62.2 Å². The molecule has 0 spiro atoms. The fraction of sp³-hybridized carbons (Fsp3) is 0.333. The van der Waals surface area contributed by atoms with Gasteiger partial charge >= 0.3 is 0 Å². The Morgan fingerprint density at radius 3 is 2.64 bits per heavy atom. The summed E-state index contributed by atoms with van der Waals surface area (Å²) < 4.78 is 7.02. The molecule has 0 aliphatic carbocycles. The van der Waals surface area contributed by atoms with Crippen molar-refractivity contribution in [1.82, 2.24) is 15.4 Å². The minimum atomic E-state index is -0.261. The van der Waals surface area contributed by atoms with Crippen molar-refractivity contribution in [2.45, 2.75) is 19.3 Å². The first-order valence-corrected chi connectivity index (χ1v) is 10.3. The molecule has 1 saturated heterocycles. The summed E-state index contributed by atoms with van der Waals surface area (Å²) in [6.45, 7) is 2.74. The molecular formula is C21H23N3O3S. The van der Waals surface area contributed by atoms with E-state index in [1.165, 1.54) is 5.56 Å². The van der Waals surface area contributed by atoms with Crippen molar-refractivity contribution in [2.24, 2.45) is 5.92 Å². The number of ether oxygens (including phenoxy) is 1. The molecule has 1 fully saturated rings. The van der Waals surface area contributed by atoms with Gasteiger partial charge in [-0.15, -0.1) is 0 Å². The largest absolute Gasteiger partial charge is 0.431 e. The highest BCUT2D eigenvalue weighted by molar-refractivity contribution is 7.20. The van der Waals surface area contributed by atoms with Crippen LogP contribution >= 0.6 is 11.3 Å². The molecule has 2 heterocycles. The summed E-state index contributed by atoms with van der Waals surface area (Å²) in [6.07, 6.45) is 2.54. The normalized spacial score (nSPS) is 15.6. The highest BCUT2D eigenvalue weighted by atomic mass is 32.1. The number of rotatable bonds is 6. The number of para-hydroxylation sites is 1. The zero-order valence-electron chi connectivity index (χ0n) is 15.5. The molecule has 0 saturated carbocycles. The molecule has 0 bridgehead atoms. The summed E-state index contributed by atoms with van der Waals surface area (Å²) in [5, 5.41) is 9.39. The van der Waals surface area contributed by atoms with Gasteiger partial charge in [0.05, 0.1) is 10.2 Å². The van der Waals surface area contributed by atoms with E-state index in [0.29, 0.717) is 5.19 Å². The molecule has 28 heavy (non-hydrogen) atoms. The van der Waals surface area contributed by atoms with Crippen LogP contribution < -0.4 is 10.2 Å². The molecular weight excluding hydrogens is 374 g/mol. The van der Waals surface area contributed by atoms with Gasteiger partial charge in [-0.3, -0.25) is 10.0 Å². The van der Waals surface area contributed by atoms with Crippen LogP contribution in [0.4, 0.5) is 0 Å². The number of likely N-dealkylation sites (tertiary alicyclic amines) is 1. The van der Waals surface area contributed by atoms with Crippen LogP contribution in [0.2, 0.25) is 0 Å². The second-order valence-corrected chi connectivity index (χ2v) is 8.03. The second kappa shape index (κ2) is 8.68. The molecule has 2 aromatic carbocycles. The van der Waals surface area contributed by atoms with Gasteiger partial charge in [0.1, 0.15) is 5.75 Å². The SMILES string of the molecule is O=C(NO)C1CCN(CCc2ccc(Oc3nc4ccccc4s3)cc2)CC1. The second-order valence-electron chi connectivity index (χ2n) is 7.04. The third kappa shape index (κ3) is 4.49. The standard InChI is InChI=1S/C21H23N3O3S/c25-20(23-26)16-10-13-24(14-11-16)12-9-15-5-7-17(8-6-15)27-21-22-18-3-1-2-4-19(18)28-21/h1-8,16,26H,9-14H2,(H,23,25). The fourth-order valence-corrected chi connectivity index (χ4v) is 4.35. The molecule has 0 radical (unpaired) electrons. The molecule has 1 aromatic heterocycles. The summed E-state index contributed by atoms with van der Waals surface area (Å²) in [5.74, 6) is 0.460. The molecule has 1 aliphatic rings. The summed E-state index contributed by atoms with van der Waals surface area (Å²) in [6, 6.07) is 16.2. The Morgan fingerprint density at radius 2 is 1.93 bits per heavy atom. The molecule has 0 atom stereocenters. The predicted molar refractivity (Wildman–Crippen MR) is 109 cm³/mol. The van der Waals surface area contributed by atoms with Crippen LogP contribution in [0.3, 0.4) is 0 Å². The van der Waals surface area contributed by atoms with Crippen molar-refractivity contribution in [3.05, 3.63) is 54.1 Å². The lowest BCUT2D eigenvalue weighted by Gasteiger charge is -2.30. The van der Waals surface area contributed by atoms with Crippen LogP contribution in [0.15, 0.2) is 48.5 Å². The predicted octanol–water partition coefficient (Wildman–Crippen LogP) is 3.85. The number of fused-ring (bicyclic) bond motifs is 1. The fourth-order valence-electron chi connectivity index (χ4n) is 3.52. The number of carbonyl (C=O) groups excluding carboxylic acids is 1. The van der Waals surface area contributed by atoms with E-state index in [4.69, 9.17) is 9.94 Å². The number of hydroxylamine groups is 1. The van der Waals surface area contributed by atoms with Gasteiger partial charge in [-0.2, -0.15) is 0 Å². The Bertz CT molecular complexity index is 900. The molecule has 3 aromatic rings. The van der Waals surface area contributed by atoms with E-state index in [-0.39, 0.29) is 11.8 Å². The van der Waals surface area contributed by atoms with E-state index in [1.807, 2.05) is 36.4 Å². The molecule has 146 valence electrons. The molecule has 1 amide bonds. The van der Waals surface area contributed by atoms with Gasteiger partial charge in [-0.25, -0.2) is 10.5 Å². The average molecular weight is 398 g/mol. The maximum absolute atomic E-state index is 11.5. The van der Waals surface area contributed by atoms with Crippen molar-refractivity contribution >= 4 is 27.5 Å². The van der Waals surface area contributed by atoms with Gasteiger partial charge in [0, 0.05) is 12.5 Å². The Balaban J connectivity index is 1.27. The maximum atomic E-state index is 11.5. The quantitative estimate of drug-likeness (QED) is 0.488. The van der Waals surface area contributed by atoms with E-state index >= 15 is 0 Å². The van der Waals surface area contributed by atoms with Gasteiger partial charge in [0.15, 0.2) is 0 Å². The van der Waals surface area contributed by atoms with Gasteiger partial charge in [-0.1, -0.05) is 35.6 Å². The third-order valence-electron chi connectivity index (χ3n) is 5.19. The van der Waals surface area contributed by atoms with Crippen LogP contribution in [0.5, 0.6) is 10.9 Å². The Labute approximate surface area is 167 Å². The minimum absolute atomic E-state index is 0.0693. The number of thiazole rings is 1. The molecule has 0 unspecified atom stereocenters. The summed E-state index contributed by atoms with van der Waals surface area (Å²) >= 11 is 1.54. The van der Waals surface area contributed by atoms with Crippen LogP contribution in [0, 0.1) is 5.92 Å². The Kier molecular flexibility index (Phi) is 5.85. The van der Waals surface area contributed by atoms with Crippen LogP contribution in [-0.4, -0.2) is 40.6 Å². The van der Waals surface area contributed by atoms with Gasteiger partial charge < -0.3 is 9.64 Å². The Morgan fingerprint density at radius 1 is 1.18 bits per heavy atom. The van der Waals surface area contributed by atoms with Crippen molar-refractivity contribution in [3.63, 3.8) is 0 Å². The first kappa shape index (κ1) is 18.9. The number of amides is 1. The summed E-state index contributed by atoms with van der Waals surface area (Å²) in [7, 11) is 0. The number of nitrogens with zero attached hydrogens (tertiary/aromatic N) is 2. The van der Waals surface area contributed by atoms with Crippen molar-refractivity contribution in [2.75, 3.05) is 19.6 Å². The number of aromatic nitrogens is 1. The maximum Gasteiger partial charge on any atom is 0.279 e. The lowest BCUT2D eigenvalue weighted by atomic mass is 9.96. The van der Waals surface area contributed by atoms with E-state index in [0.717, 1.165) is 54.9 Å². The topological polar surface area (TPSA) is 74.7 Å². The summed E-state index contributed by atoms with van der Waals surface area (Å²) in [5.41, 5.74) is 3.98. The average Bonchev–Trinajstić information content (AvgIpc) is 3.15. The van der Waals surface area contributed by atoms with E-state index in [9.17, 15) is 4.79 Å². The number of carbonyl (C=O) groups is 1. The van der Waals surface area contributed by atoms with Crippen LogP contribution in [0.25, 0.3) is 10.2 Å². The number of hydrogen-bond acceptors (Lipinski definition) is 6. The number of hydrogen-bond donors (Lipinski definition) is 2. The zero-order valence-corrected chi connectivity index (χ0v) is 16.3. The molecule has 2 N–H and O–H groups in total. The van der Waals surface area contributed by atoms with Gasteiger partial charge in [0.2, 0.25) is 5.91 Å². The summed E-state index contributed by atoms with van der Waals surface area (Å²) in [4.78, 5) is 18.3. The lowest BCUT2D eigenvalue weighted by Crippen LogP contribution is -2.40. The van der Waals surface area contributed by atoms with Crippen molar-refractivity contribution in [1.29, 1.82) is 0 Å². The molecule has 4 rings (SSSR count). The number of nitrogens with one attached hydrogen (secondary N) is 1. The zero-order chi connectivity index (χ0) is 19.3. The molecule has 7 heteroatoms. The van der Waals surface area contributed by atoms with Gasteiger partial charge in [0.25, 0.3) is 5.19 Å². The lowest BCUT2D eigenvalue weighted by molar-refractivity contribution is -0.134. The minimum Gasteiger partial charge on any atom is -0.431 e. The number of piperidine rings is 1. The first-order valence-electron chi connectivity index (χ1n) is 9.50. The van der Waals surface area contributed by atoms with E-state index < -0.39 is 0 Å². The highest BCUT2D eigenvalue weighted by Gasteiger charge is 2.24. The first-order chi connectivity index (χ1) is 13.7.